The van der Waals surface area contributed by atoms with Crippen LogP contribution in [-0.2, 0) is 14.6 Å². The zero-order valence-electron chi connectivity index (χ0n) is 9.16. The van der Waals surface area contributed by atoms with Gasteiger partial charge in [0.2, 0.25) is 5.91 Å². The molecule has 0 saturated heterocycles. The van der Waals surface area contributed by atoms with E-state index in [9.17, 15) is 13.2 Å². The van der Waals surface area contributed by atoms with E-state index in [1.165, 1.54) is 0 Å². The van der Waals surface area contributed by atoms with E-state index in [4.69, 9.17) is 5.73 Å². The number of hydrogen-bond donors (Lipinski definition) is 2. The number of nitrogens with one attached hydrogen (secondary N) is 1. The summed E-state index contributed by atoms with van der Waals surface area (Å²) in [5, 5.41) is 2.44. The number of nitrogens with two attached hydrogens (primary N) is 1. The first-order valence-corrected chi connectivity index (χ1v) is 7.01. The van der Waals surface area contributed by atoms with Crippen LogP contribution in [0.1, 0.15) is 26.2 Å². The van der Waals surface area contributed by atoms with Gasteiger partial charge in [-0.15, -0.1) is 0 Å². The molecule has 0 aliphatic carbocycles. The minimum Gasteiger partial charge on any atom is -0.354 e. The lowest BCUT2D eigenvalue weighted by Gasteiger charge is -2.04. The highest BCUT2D eigenvalue weighted by Crippen LogP contribution is 1.99. The van der Waals surface area contributed by atoms with Gasteiger partial charge in [-0.2, -0.15) is 0 Å². The fourth-order valence-corrected chi connectivity index (χ4v) is 2.40. The van der Waals surface area contributed by atoms with Crippen LogP contribution in [0.2, 0.25) is 0 Å². The van der Waals surface area contributed by atoms with E-state index in [0.717, 1.165) is 12.8 Å². The molecule has 0 unspecified atom stereocenters. The molecule has 0 radical (unpaired) electrons. The Morgan fingerprint density at radius 3 is 2.53 bits per heavy atom. The molecule has 0 aliphatic heterocycles. The summed E-state index contributed by atoms with van der Waals surface area (Å²) in [6.45, 7) is 2.64. The first-order valence-electron chi connectivity index (χ1n) is 5.19. The third kappa shape index (κ3) is 8.38. The highest BCUT2D eigenvalue weighted by Gasteiger charge is 2.15. The van der Waals surface area contributed by atoms with Crippen molar-refractivity contribution in [3.63, 3.8) is 0 Å². The van der Waals surface area contributed by atoms with Gasteiger partial charge in [-0.05, 0) is 6.42 Å². The number of amides is 1. The molecule has 0 fully saturated rings. The van der Waals surface area contributed by atoms with Crippen LogP contribution < -0.4 is 11.1 Å². The summed E-state index contributed by atoms with van der Waals surface area (Å²) in [5.74, 6) is -0.787. The maximum Gasteiger partial charge on any atom is 0.235 e. The highest BCUT2D eigenvalue weighted by atomic mass is 32.2. The lowest BCUT2D eigenvalue weighted by atomic mass is 10.3. The van der Waals surface area contributed by atoms with Crippen molar-refractivity contribution in [2.24, 2.45) is 5.73 Å². The Labute approximate surface area is 91.3 Å². The fourth-order valence-electron chi connectivity index (χ4n) is 1.11. The predicted octanol–water partition coefficient (Wildman–Crippen LogP) is -0.334. The molecule has 6 heteroatoms. The van der Waals surface area contributed by atoms with Crippen LogP contribution in [0.4, 0.5) is 0 Å². The van der Waals surface area contributed by atoms with Crippen LogP contribution in [0.3, 0.4) is 0 Å². The normalized spacial score (nSPS) is 11.3. The van der Waals surface area contributed by atoms with E-state index in [1.54, 1.807) is 0 Å². The van der Waals surface area contributed by atoms with E-state index >= 15 is 0 Å². The Balaban J connectivity index is 3.86. The Morgan fingerprint density at radius 1 is 1.33 bits per heavy atom. The van der Waals surface area contributed by atoms with Gasteiger partial charge in [-0.25, -0.2) is 8.42 Å². The smallest absolute Gasteiger partial charge is 0.235 e. The molecule has 0 aromatic heterocycles. The van der Waals surface area contributed by atoms with Crippen molar-refractivity contribution in [1.82, 2.24) is 5.32 Å². The maximum absolute atomic E-state index is 11.4. The van der Waals surface area contributed by atoms with Crippen molar-refractivity contribution in [2.45, 2.75) is 26.2 Å². The summed E-state index contributed by atoms with van der Waals surface area (Å²) in [6.07, 6.45) is 2.47. The van der Waals surface area contributed by atoms with Crippen molar-refractivity contribution in [1.29, 1.82) is 0 Å². The second-order valence-electron chi connectivity index (χ2n) is 3.44. The number of carbonyl (C=O) groups excluding carboxylic acids is 1. The summed E-state index contributed by atoms with van der Waals surface area (Å²) in [5.41, 5.74) is 5.17. The zero-order chi connectivity index (χ0) is 11.7. The molecule has 0 atom stereocenters. The molecule has 0 rings (SSSR count). The summed E-state index contributed by atoms with van der Waals surface area (Å²) < 4.78 is 22.8. The van der Waals surface area contributed by atoms with Crippen LogP contribution >= 0.6 is 0 Å². The van der Waals surface area contributed by atoms with E-state index < -0.39 is 21.5 Å². The third-order valence-corrected chi connectivity index (χ3v) is 3.49. The van der Waals surface area contributed by atoms with E-state index in [0.29, 0.717) is 19.5 Å². The molecule has 90 valence electrons. The molecule has 5 nitrogen and oxygen atoms in total. The standard InChI is InChI=1S/C9H20N2O3S/c1-2-3-4-7-15(13,14)8-9(12)11-6-5-10/h2-8,10H2,1H3,(H,11,12). The van der Waals surface area contributed by atoms with Gasteiger partial charge in [0.1, 0.15) is 5.75 Å². The molecule has 0 heterocycles. The summed E-state index contributed by atoms with van der Waals surface area (Å²) in [6, 6.07) is 0. The summed E-state index contributed by atoms with van der Waals surface area (Å²) in [7, 11) is -3.24. The first-order chi connectivity index (χ1) is 7.02. The molecule has 0 bridgehead atoms. The van der Waals surface area contributed by atoms with Gasteiger partial charge in [-0.1, -0.05) is 19.8 Å². The van der Waals surface area contributed by atoms with Crippen LogP contribution in [0.5, 0.6) is 0 Å². The van der Waals surface area contributed by atoms with Gasteiger partial charge in [0.15, 0.2) is 9.84 Å². The topological polar surface area (TPSA) is 89.3 Å². The first kappa shape index (κ1) is 14.4. The zero-order valence-corrected chi connectivity index (χ0v) is 9.98. The number of hydrogen-bond acceptors (Lipinski definition) is 4. The second kappa shape index (κ2) is 7.64. The molecule has 1 amide bonds. The highest BCUT2D eigenvalue weighted by molar-refractivity contribution is 7.92. The van der Waals surface area contributed by atoms with Gasteiger partial charge in [0.25, 0.3) is 0 Å². The maximum atomic E-state index is 11.4. The van der Waals surface area contributed by atoms with Crippen LogP contribution in [0.25, 0.3) is 0 Å². The monoisotopic (exact) mass is 236 g/mol. The molecule has 0 aromatic rings. The Morgan fingerprint density at radius 2 is 2.00 bits per heavy atom. The molecule has 15 heavy (non-hydrogen) atoms. The predicted molar refractivity (Wildman–Crippen MR) is 60.2 cm³/mol. The van der Waals surface area contributed by atoms with Crippen molar-refractivity contribution in [2.75, 3.05) is 24.6 Å². The number of rotatable bonds is 8. The SMILES string of the molecule is CCCCCS(=O)(=O)CC(=O)NCCN. The van der Waals surface area contributed by atoms with Crippen molar-refractivity contribution < 1.29 is 13.2 Å². The second-order valence-corrected chi connectivity index (χ2v) is 5.62. The molecule has 0 aromatic carbocycles. The van der Waals surface area contributed by atoms with Gasteiger partial charge < -0.3 is 11.1 Å². The number of sulfone groups is 1. The van der Waals surface area contributed by atoms with E-state index in [2.05, 4.69) is 5.32 Å². The quantitative estimate of drug-likeness (QED) is 0.565. The minimum atomic E-state index is -3.24. The van der Waals surface area contributed by atoms with Gasteiger partial charge in [0.05, 0.1) is 5.75 Å². The lowest BCUT2D eigenvalue weighted by molar-refractivity contribution is -0.118. The van der Waals surface area contributed by atoms with Crippen molar-refractivity contribution in [3.8, 4) is 0 Å². The van der Waals surface area contributed by atoms with Gasteiger partial charge in [-0.3, -0.25) is 4.79 Å². The molecule has 0 aliphatic rings. The largest absolute Gasteiger partial charge is 0.354 e. The van der Waals surface area contributed by atoms with Crippen LogP contribution in [0, 0.1) is 0 Å². The number of carbonyl (C=O) groups is 1. The Hall–Kier alpha value is -0.620. The molecule has 0 saturated carbocycles. The average Bonchev–Trinajstić information content (AvgIpc) is 2.14. The molecule has 3 N–H and O–H groups in total. The third-order valence-electron chi connectivity index (χ3n) is 1.88. The number of unbranched alkanes of at least 4 members (excludes halogenated alkanes) is 2. The Kier molecular flexibility index (Phi) is 7.33. The lowest BCUT2D eigenvalue weighted by Crippen LogP contribution is -2.34. The average molecular weight is 236 g/mol. The fraction of sp³-hybridized carbons (Fsp3) is 0.889. The molecular formula is C9H20N2O3S. The van der Waals surface area contributed by atoms with Gasteiger partial charge in [0, 0.05) is 13.1 Å². The van der Waals surface area contributed by atoms with Crippen molar-refractivity contribution >= 4 is 15.7 Å². The van der Waals surface area contributed by atoms with E-state index in [1.807, 2.05) is 6.92 Å². The van der Waals surface area contributed by atoms with Crippen LogP contribution in [-0.4, -0.2) is 38.9 Å². The summed E-state index contributed by atoms with van der Waals surface area (Å²) in [4.78, 5) is 11.1. The molecular weight excluding hydrogens is 216 g/mol. The van der Waals surface area contributed by atoms with E-state index in [-0.39, 0.29) is 5.75 Å². The Bertz CT molecular complexity index is 275. The van der Waals surface area contributed by atoms with Crippen molar-refractivity contribution in [3.05, 3.63) is 0 Å². The van der Waals surface area contributed by atoms with Crippen LogP contribution in [0.15, 0.2) is 0 Å². The van der Waals surface area contributed by atoms with Gasteiger partial charge >= 0.3 is 0 Å². The summed E-state index contributed by atoms with van der Waals surface area (Å²) >= 11 is 0. The molecule has 0 spiro atoms. The minimum absolute atomic E-state index is 0.0941.